The van der Waals surface area contributed by atoms with Gasteiger partial charge in [0.2, 0.25) is 4.77 Å². The molecule has 136 valence electrons. The third kappa shape index (κ3) is 5.15. The van der Waals surface area contributed by atoms with Crippen LogP contribution in [0.3, 0.4) is 0 Å². The molecule has 0 spiro atoms. The zero-order chi connectivity index (χ0) is 18.4. The number of nitrogens with zero attached hydrogens (tertiary/aromatic N) is 3. The molecule has 0 amide bonds. The number of aromatic nitrogens is 3. The maximum Gasteiger partial charge on any atom is 0.216 e. The zero-order valence-electron chi connectivity index (χ0n) is 14.9. The van der Waals surface area contributed by atoms with Crippen LogP contribution in [-0.4, -0.2) is 34.3 Å². The molecule has 0 atom stereocenters. The number of halogens is 1. The van der Waals surface area contributed by atoms with Gasteiger partial charge < -0.3 is 9.47 Å². The average Bonchev–Trinajstić information content (AvgIpc) is 2.92. The summed E-state index contributed by atoms with van der Waals surface area (Å²) in [5.74, 6) is 2.15. The lowest BCUT2D eigenvalue weighted by atomic mass is 10.2. The van der Waals surface area contributed by atoms with E-state index in [0.717, 1.165) is 35.1 Å². The van der Waals surface area contributed by atoms with Crippen molar-refractivity contribution in [1.82, 2.24) is 14.9 Å². The first-order valence-electron chi connectivity index (χ1n) is 8.21. The molecule has 1 aromatic heterocycles. The minimum absolute atomic E-state index is 0.0510. The van der Waals surface area contributed by atoms with Crippen LogP contribution in [0.15, 0.2) is 21.7 Å². The van der Waals surface area contributed by atoms with Crippen LogP contribution in [0.25, 0.3) is 0 Å². The van der Waals surface area contributed by atoms with Crippen molar-refractivity contribution in [1.29, 1.82) is 0 Å². The number of hydrogen-bond donors (Lipinski definition) is 1. The highest BCUT2D eigenvalue weighted by atomic mass is 79.9. The molecule has 0 saturated heterocycles. The SMILES string of the molecule is CCCCc1n[nH]c(=S)n1/N=C\c1cc(Br)c(OC(C)C)c(OC)c1. The predicted octanol–water partition coefficient (Wildman–Crippen LogP) is 4.72. The van der Waals surface area contributed by atoms with Gasteiger partial charge in [0.1, 0.15) is 0 Å². The Bertz CT molecular complexity index is 798. The van der Waals surface area contributed by atoms with Crippen LogP contribution < -0.4 is 9.47 Å². The van der Waals surface area contributed by atoms with E-state index in [9.17, 15) is 0 Å². The van der Waals surface area contributed by atoms with E-state index in [1.54, 1.807) is 18.0 Å². The van der Waals surface area contributed by atoms with E-state index >= 15 is 0 Å². The minimum Gasteiger partial charge on any atom is -0.493 e. The topological polar surface area (TPSA) is 64.4 Å². The van der Waals surface area contributed by atoms with Gasteiger partial charge in [0.05, 0.1) is 23.9 Å². The van der Waals surface area contributed by atoms with Crippen molar-refractivity contribution < 1.29 is 9.47 Å². The van der Waals surface area contributed by atoms with Gasteiger partial charge in [0, 0.05) is 6.42 Å². The Morgan fingerprint density at radius 3 is 2.84 bits per heavy atom. The zero-order valence-corrected chi connectivity index (χ0v) is 17.3. The Kier molecular flexibility index (Phi) is 7.19. The Morgan fingerprint density at radius 2 is 2.20 bits per heavy atom. The Hall–Kier alpha value is -1.67. The maximum absolute atomic E-state index is 5.80. The standard InChI is InChI=1S/C17H23BrN4O2S/c1-5-6-7-15-20-21-17(25)22(15)19-10-12-8-13(18)16(24-11(2)3)14(9-12)23-4/h8-11H,5-7H2,1-4H3,(H,21,25)/b19-10-. The van der Waals surface area contributed by atoms with E-state index in [-0.39, 0.29) is 6.10 Å². The number of hydrogen-bond acceptors (Lipinski definition) is 5. The molecular weight excluding hydrogens is 404 g/mol. The van der Waals surface area contributed by atoms with Crippen LogP contribution in [0, 0.1) is 4.77 Å². The lowest BCUT2D eigenvalue weighted by molar-refractivity contribution is 0.228. The first kappa shape index (κ1) is 19.7. The molecule has 0 radical (unpaired) electrons. The minimum atomic E-state index is 0.0510. The summed E-state index contributed by atoms with van der Waals surface area (Å²) in [5, 5.41) is 11.5. The van der Waals surface area contributed by atoms with E-state index in [0.29, 0.717) is 16.3 Å². The smallest absolute Gasteiger partial charge is 0.216 e. The second-order valence-corrected chi connectivity index (χ2v) is 7.05. The predicted molar refractivity (Wildman–Crippen MR) is 105 cm³/mol. The van der Waals surface area contributed by atoms with Crippen LogP contribution in [0.5, 0.6) is 11.5 Å². The molecule has 1 aromatic carbocycles. The number of methoxy groups -OCH3 is 1. The molecule has 0 aliphatic rings. The van der Waals surface area contributed by atoms with Crippen molar-refractivity contribution >= 4 is 34.4 Å². The van der Waals surface area contributed by atoms with Gasteiger partial charge >= 0.3 is 0 Å². The highest BCUT2D eigenvalue weighted by Gasteiger charge is 2.13. The number of aryl methyl sites for hydroxylation is 1. The fourth-order valence-electron chi connectivity index (χ4n) is 2.23. The van der Waals surface area contributed by atoms with Crippen LogP contribution in [-0.2, 0) is 6.42 Å². The van der Waals surface area contributed by atoms with Gasteiger partial charge in [-0.25, -0.2) is 0 Å². The first-order valence-corrected chi connectivity index (χ1v) is 9.41. The normalized spacial score (nSPS) is 11.4. The number of H-pyrrole nitrogens is 1. The Balaban J connectivity index is 2.32. The Morgan fingerprint density at radius 1 is 1.44 bits per heavy atom. The van der Waals surface area contributed by atoms with Crippen molar-refractivity contribution in [2.75, 3.05) is 7.11 Å². The molecule has 25 heavy (non-hydrogen) atoms. The van der Waals surface area contributed by atoms with Crippen LogP contribution in [0.1, 0.15) is 45.0 Å². The average molecular weight is 427 g/mol. The lowest BCUT2D eigenvalue weighted by Crippen LogP contribution is -2.07. The molecule has 2 aromatic rings. The van der Waals surface area contributed by atoms with Gasteiger partial charge in [-0.2, -0.15) is 14.9 Å². The van der Waals surface area contributed by atoms with Crippen molar-refractivity contribution in [3.8, 4) is 11.5 Å². The van der Waals surface area contributed by atoms with Crippen molar-refractivity contribution in [3.05, 3.63) is 32.8 Å². The van der Waals surface area contributed by atoms with Crippen LogP contribution >= 0.6 is 28.1 Å². The third-order valence-corrected chi connectivity index (χ3v) is 4.25. The van der Waals surface area contributed by atoms with E-state index in [1.807, 2.05) is 26.0 Å². The number of nitrogens with one attached hydrogen (secondary N) is 1. The quantitative estimate of drug-likeness (QED) is 0.489. The summed E-state index contributed by atoms with van der Waals surface area (Å²) in [6.07, 6.45) is 4.73. The number of rotatable bonds is 8. The van der Waals surface area contributed by atoms with Gasteiger partial charge in [0.25, 0.3) is 0 Å². The summed E-state index contributed by atoms with van der Waals surface area (Å²) in [7, 11) is 1.62. The second-order valence-electron chi connectivity index (χ2n) is 5.81. The Labute approximate surface area is 161 Å². The summed E-state index contributed by atoms with van der Waals surface area (Å²) < 4.78 is 14.2. The highest BCUT2D eigenvalue weighted by Crippen LogP contribution is 2.37. The largest absolute Gasteiger partial charge is 0.493 e. The molecule has 1 heterocycles. The van der Waals surface area contributed by atoms with Gasteiger partial charge in [-0.1, -0.05) is 13.3 Å². The molecule has 0 saturated carbocycles. The van der Waals surface area contributed by atoms with Crippen LogP contribution in [0.4, 0.5) is 0 Å². The molecular formula is C17H23BrN4O2S. The van der Waals surface area contributed by atoms with Crippen molar-refractivity contribution in [2.24, 2.45) is 5.10 Å². The number of aromatic amines is 1. The molecule has 8 heteroatoms. The first-order chi connectivity index (χ1) is 12.0. The lowest BCUT2D eigenvalue weighted by Gasteiger charge is -2.15. The van der Waals surface area contributed by atoms with Gasteiger partial charge in [0.15, 0.2) is 17.3 Å². The van der Waals surface area contributed by atoms with Gasteiger partial charge in [-0.05, 0) is 66.1 Å². The van der Waals surface area contributed by atoms with Crippen LogP contribution in [0.2, 0.25) is 0 Å². The summed E-state index contributed by atoms with van der Waals surface area (Å²) in [4.78, 5) is 0. The highest BCUT2D eigenvalue weighted by molar-refractivity contribution is 9.10. The van der Waals surface area contributed by atoms with E-state index < -0.39 is 0 Å². The molecule has 0 bridgehead atoms. The molecule has 2 rings (SSSR count). The summed E-state index contributed by atoms with van der Waals surface area (Å²) in [6, 6.07) is 3.81. The monoisotopic (exact) mass is 426 g/mol. The van der Waals surface area contributed by atoms with Gasteiger partial charge in [-0.15, -0.1) is 0 Å². The van der Waals surface area contributed by atoms with E-state index in [2.05, 4.69) is 38.2 Å². The van der Waals surface area contributed by atoms with Crippen molar-refractivity contribution in [3.63, 3.8) is 0 Å². The number of unbranched alkanes of at least 4 members (excludes halogenated alkanes) is 1. The van der Waals surface area contributed by atoms with Gasteiger partial charge in [-0.3, -0.25) is 5.10 Å². The molecule has 1 N–H and O–H groups in total. The number of benzene rings is 1. The number of ether oxygens (including phenoxy) is 2. The molecule has 0 aliphatic heterocycles. The molecule has 0 unspecified atom stereocenters. The third-order valence-electron chi connectivity index (χ3n) is 3.40. The maximum atomic E-state index is 5.80. The fraction of sp³-hybridized carbons (Fsp3) is 0.471. The fourth-order valence-corrected chi connectivity index (χ4v) is 2.98. The van der Waals surface area contributed by atoms with Crippen molar-refractivity contribution in [2.45, 2.75) is 46.1 Å². The second kappa shape index (κ2) is 9.15. The summed E-state index contributed by atoms with van der Waals surface area (Å²) in [6.45, 7) is 6.08. The molecule has 6 nitrogen and oxygen atoms in total. The summed E-state index contributed by atoms with van der Waals surface area (Å²) >= 11 is 8.80. The molecule has 0 fully saturated rings. The van der Waals surface area contributed by atoms with E-state index in [1.165, 1.54) is 0 Å². The summed E-state index contributed by atoms with van der Waals surface area (Å²) in [5.41, 5.74) is 0.865. The van der Waals surface area contributed by atoms with E-state index in [4.69, 9.17) is 21.7 Å². The molecule has 0 aliphatic carbocycles.